The van der Waals surface area contributed by atoms with Gasteiger partial charge in [0.15, 0.2) is 18.1 Å². The van der Waals surface area contributed by atoms with Crippen molar-refractivity contribution < 1.29 is 14.3 Å². The minimum Gasteiger partial charge on any atom is -0.493 e. The molecule has 1 N–H and O–H groups in total. The van der Waals surface area contributed by atoms with Gasteiger partial charge in [-0.15, -0.1) is 0 Å². The van der Waals surface area contributed by atoms with Gasteiger partial charge in [0.1, 0.15) is 0 Å². The number of carbonyl (C=O) groups excluding carboxylic acids is 1. The van der Waals surface area contributed by atoms with Gasteiger partial charge in [-0.25, -0.2) is 0 Å². The van der Waals surface area contributed by atoms with E-state index in [1.165, 1.54) is 12.8 Å². The summed E-state index contributed by atoms with van der Waals surface area (Å²) in [5.74, 6) is 0.904. The Morgan fingerprint density at radius 1 is 1.07 bits per heavy atom. The monoisotopic (exact) mass is 377 g/mol. The van der Waals surface area contributed by atoms with E-state index in [0.717, 1.165) is 35.4 Å². The van der Waals surface area contributed by atoms with Gasteiger partial charge in [-0.2, -0.15) is 0 Å². The Hall–Kier alpha value is -3.28. The molecule has 6 nitrogen and oxygen atoms in total. The fraction of sp³-hybridized carbons (Fsp3) is 0.273. The number of nitrogens with zero attached hydrogens (tertiary/aromatic N) is 2. The average Bonchev–Trinajstić information content (AvgIpc) is 3.27. The largest absolute Gasteiger partial charge is 0.493 e. The Kier molecular flexibility index (Phi) is 5.28. The Balaban J connectivity index is 1.51. The number of fused-ring (bicyclic) bond motifs is 1. The second-order valence-electron chi connectivity index (χ2n) is 6.71. The smallest absolute Gasteiger partial charge is 0.262 e. The third-order valence-corrected chi connectivity index (χ3v) is 4.90. The summed E-state index contributed by atoms with van der Waals surface area (Å²) in [5, 5.41) is 3.88. The summed E-state index contributed by atoms with van der Waals surface area (Å²) in [6.07, 6.45) is 4.19. The van der Waals surface area contributed by atoms with E-state index in [2.05, 4.69) is 15.2 Å². The molecule has 0 bridgehead atoms. The van der Waals surface area contributed by atoms with E-state index in [1.54, 1.807) is 25.4 Å². The summed E-state index contributed by atoms with van der Waals surface area (Å²) in [5.41, 5.74) is 2.77. The molecule has 2 heterocycles. The highest BCUT2D eigenvalue weighted by molar-refractivity contribution is 6.05. The molecule has 0 saturated carbocycles. The lowest BCUT2D eigenvalue weighted by atomic mass is 10.1. The molecule has 1 fully saturated rings. The Morgan fingerprint density at radius 3 is 2.64 bits per heavy atom. The van der Waals surface area contributed by atoms with Crippen molar-refractivity contribution >= 4 is 28.2 Å². The number of aromatic nitrogens is 1. The predicted molar refractivity (Wildman–Crippen MR) is 110 cm³/mol. The third kappa shape index (κ3) is 3.71. The van der Waals surface area contributed by atoms with Gasteiger partial charge in [0.2, 0.25) is 0 Å². The highest BCUT2D eigenvalue weighted by Crippen LogP contribution is 2.32. The Morgan fingerprint density at radius 2 is 1.86 bits per heavy atom. The van der Waals surface area contributed by atoms with Crippen LogP contribution in [0.2, 0.25) is 0 Å². The van der Waals surface area contributed by atoms with Crippen LogP contribution in [-0.4, -0.2) is 37.7 Å². The molecule has 0 radical (unpaired) electrons. The number of para-hydroxylation sites is 2. The summed E-state index contributed by atoms with van der Waals surface area (Å²) in [6, 6.07) is 15.1. The van der Waals surface area contributed by atoms with Crippen LogP contribution in [0, 0.1) is 0 Å². The van der Waals surface area contributed by atoms with Crippen molar-refractivity contribution in [1.29, 1.82) is 0 Å². The molecule has 28 heavy (non-hydrogen) atoms. The van der Waals surface area contributed by atoms with Gasteiger partial charge in [-0.1, -0.05) is 12.1 Å². The molecule has 0 spiro atoms. The molecule has 1 amide bonds. The molecule has 4 rings (SSSR count). The predicted octanol–water partition coefficient (Wildman–Crippen LogP) is 3.86. The molecular formula is C22H23N3O3. The van der Waals surface area contributed by atoms with Crippen molar-refractivity contribution in [2.24, 2.45) is 0 Å². The van der Waals surface area contributed by atoms with Gasteiger partial charge in [0.25, 0.3) is 5.91 Å². The fourth-order valence-corrected chi connectivity index (χ4v) is 3.55. The lowest BCUT2D eigenvalue weighted by molar-refractivity contribution is -0.118. The van der Waals surface area contributed by atoms with Crippen LogP contribution in [0.3, 0.4) is 0 Å². The van der Waals surface area contributed by atoms with E-state index in [0.29, 0.717) is 11.5 Å². The van der Waals surface area contributed by atoms with E-state index >= 15 is 0 Å². The first-order valence-electron chi connectivity index (χ1n) is 9.44. The quantitative estimate of drug-likeness (QED) is 0.707. The van der Waals surface area contributed by atoms with Crippen molar-refractivity contribution in [3.63, 3.8) is 0 Å². The summed E-state index contributed by atoms with van der Waals surface area (Å²) >= 11 is 0. The second-order valence-corrected chi connectivity index (χ2v) is 6.71. The highest BCUT2D eigenvalue weighted by Gasteiger charge is 2.17. The minimum atomic E-state index is -0.231. The summed E-state index contributed by atoms with van der Waals surface area (Å²) in [4.78, 5) is 19.4. The SMILES string of the molecule is COc1ccccc1OCC(=O)Nc1ccc(N2CCCC2)c2ncccc12. The Bertz CT molecular complexity index is 984. The van der Waals surface area contributed by atoms with Gasteiger partial charge in [-0.3, -0.25) is 9.78 Å². The van der Waals surface area contributed by atoms with E-state index in [1.807, 2.05) is 36.4 Å². The first-order chi connectivity index (χ1) is 13.8. The first-order valence-corrected chi connectivity index (χ1v) is 9.44. The number of carbonyl (C=O) groups is 1. The molecule has 0 atom stereocenters. The van der Waals surface area contributed by atoms with E-state index in [9.17, 15) is 4.79 Å². The van der Waals surface area contributed by atoms with Gasteiger partial charge < -0.3 is 19.7 Å². The molecule has 0 aliphatic carbocycles. The molecule has 6 heteroatoms. The van der Waals surface area contributed by atoms with E-state index in [4.69, 9.17) is 9.47 Å². The topological polar surface area (TPSA) is 63.7 Å². The molecule has 1 aliphatic rings. The van der Waals surface area contributed by atoms with Gasteiger partial charge >= 0.3 is 0 Å². The number of pyridine rings is 1. The molecule has 1 aromatic heterocycles. The van der Waals surface area contributed by atoms with Crippen LogP contribution < -0.4 is 19.7 Å². The van der Waals surface area contributed by atoms with Crippen LogP contribution in [0.4, 0.5) is 11.4 Å². The summed E-state index contributed by atoms with van der Waals surface area (Å²) < 4.78 is 10.9. The maximum Gasteiger partial charge on any atom is 0.262 e. The normalized spacial score (nSPS) is 13.5. The minimum absolute atomic E-state index is 0.101. The van der Waals surface area contributed by atoms with Crippen LogP contribution in [0.15, 0.2) is 54.7 Å². The average molecular weight is 377 g/mol. The number of nitrogens with one attached hydrogen (secondary N) is 1. The number of hydrogen-bond acceptors (Lipinski definition) is 5. The molecule has 1 saturated heterocycles. The van der Waals surface area contributed by atoms with Crippen LogP contribution in [0.25, 0.3) is 10.9 Å². The van der Waals surface area contributed by atoms with Gasteiger partial charge in [-0.05, 0) is 49.2 Å². The molecule has 0 unspecified atom stereocenters. The number of benzene rings is 2. The standard InChI is InChI=1S/C22H23N3O3/c1-27-19-8-2-3-9-20(19)28-15-21(26)24-17-10-11-18(25-13-4-5-14-25)22-16(17)7-6-12-23-22/h2-3,6-12H,4-5,13-15H2,1H3,(H,24,26). The lowest BCUT2D eigenvalue weighted by Gasteiger charge is -2.20. The number of hydrogen-bond donors (Lipinski definition) is 1. The van der Waals surface area contributed by atoms with Crippen molar-refractivity contribution in [1.82, 2.24) is 4.98 Å². The van der Waals surface area contributed by atoms with Gasteiger partial charge in [0, 0.05) is 24.7 Å². The molecule has 1 aliphatic heterocycles. The van der Waals surface area contributed by atoms with Crippen molar-refractivity contribution in [3.8, 4) is 11.5 Å². The number of amides is 1. The zero-order chi connectivity index (χ0) is 19.3. The van der Waals surface area contributed by atoms with Gasteiger partial charge in [0.05, 0.1) is 24.0 Å². The second kappa shape index (κ2) is 8.17. The molecule has 2 aromatic carbocycles. The van der Waals surface area contributed by atoms with E-state index < -0.39 is 0 Å². The number of ether oxygens (including phenoxy) is 2. The van der Waals surface area contributed by atoms with Crippen LogP contribution >= 0.6 is 0 Å². The fourth-order valence-electron chi connectivity index (χ4n) is 3.55. The highest BCUT2D eigenvalue weighted by atomic mass is 16.5. The molecular weight excluding hydrogens is 354 g/mol. The summed E-state index contributed by atoms with van der Waals surface area (Å²) in [7, 11) is 1.57. The van der Waals surface area contributed by atoms with Crippen molar-refractivity contribution in [3.05, 3.63) is 54.7 Å². The van der Waals surface area contributed by atoms with Crippen molar-refractivity contribution in [2.75, 3.05) is 37.0 Å². The third-order valence-electron chi connectivity index (χ3n) is 4.90. The van der Waals surface area contributed by atoms with E-state index in [-0.39, 0.29) is 12.5 Å². The zero-order valence-corrected chi connectivity index (χ0v) is 15.9. The maximum atomic E-state index is 12.5. The number of methoxy groups -OCH3 is 1. The van der Waals surface area contributed by atoms with Crippen LogP contribution in [0.1, 0.15) is 12.8 Å². The number of rotatable bonds is 6. The van der Waals surface area contributed by atoms with Crippen molar-refractivity contribution in [2.45, 2.75) is 12.8 Å². The number of anilines is 2. The zero-order valence-electron chi connectivity index (χ0n) is 15.9. The molecule has 3 aromatic rings. The Labute approximate surface area is 164 Å². The van der Waals surface area contributed by atoms with Crippen LogP contribution in [-0.2, 0) is 4.79 Å². The lowest BCUT2D eigenvalue weighted by Crippen LogP contribution is -2.21. The maximum absolute atomic E-state index is 12.5. The van der Waals surface area contributed by atoms with Crippen LogP contribution in [0.5, 0.6) is 11.5 Å². The molecule has 144 valence electrons. The first kappa shape index (κ1) is 18.1. The summed E-state index contributed by atoms with van der Waals surface area (Å²) in [6.45, 7) is 1.99.